The van der Waals surface area contributed by atoms with E-state index in [-0.39, 0.29) is 35.2 Å². The number of thiophene rings is 1. The first-order valence-corrected chi connectivity index (χ1v) is 15.1. The Kier molecular flexibility index (Phi) is 7.71. The molecule has 2 N–H and O–H groups in total. The Morgan fingerprint density at radius 2 is 2.02 bits per heavy atom. The molecule has 1 aliphatic rings. The van der Waals surface area contributed by atoms with Crippen molar-refractivity contribution in [3.8, 4) is 22.9 Å². The molecule has 1 atom stereocenters. The summed E-state index contributed by atoms with van der Waals surface area (Å²) >= 11 is 7.75. The van der Waals surface area contributed by atoms with Gasteiger partial charge < -0.3 is 19.8 Å². The van der Waals surface area contributed by atoms with Crippen LogP contribution in [0.3, 0.4) is 0 Å². The van der Waals surface area contributed by atoms with Crippen LogP contribution in [0.1, 0.15) is 38.7 Å². The Bertz CT molecular complexity index is 2090. The summed E-state index contributed by atoms with van der Waals surface area (Å²) in [6, 6.07) is 9.21. The molecule has 1 saturated heterocycles. The van der Waals surface area contributed by atoms with Gasteiger partial charge in [-0.25, -0.2) is 14.8 Å². The summed E-state index contributed by atoms with van der Waals surface area (Å²) in [5, 5.41) is 30.5. The molecule has 13 heteroatoms. The van der Waals surface area contributed by atoms with Crippen molar-refractivity contribution in [3.05, 3.63) is 73.4 Å². The molecule has 11 nitrogen and oxygen atoms in total. The summed E-state index contributed by atoms with van der Waals surface area (Å²) in [5.74, 6) is 0.270. The number of nitriles is 1. The van der Waals surface area contributed by atoms with Gasteiger partial charge >= 0.3 is 5.97 Å². The molecule has 0 bridgehead atoms. The van der Waals surface area contributed by atoms with E-state index in [1.165, 1.54) is 22.1 Å². The van der Waals surface area contributed by atoms with Crippen molar-refractivity contribution in [1.29, 1.82) is 5.26 Å². The minimum atomic E-state index is -1.04. The van der Waals surface area contributed by atoms with Crippen LogP contribution in [0.25, 0.3) is 32.2 Å². The molecule has 1 aliphatic heterocycles. The summed E-state index contributed by atoms with van der Waals surface area (Å²) in [4.78, 5) is 41.7. The zero-order chi connectivity index (χ0) is 31.3. The standard InChI is InChI=1S/C31H27ClN6O5S/c1-15-10-21(28-27(35-15)25(31(41)42)16(2)44-28)20-11-18(32)4-5-24(20)43-9-8-38-17(3)36-23-13-34-29(37-7-6-19(39)14-37)22(12-33)26(23)30(38)40/h4-5,10-11,13,19,39H,6-9,14H2,1-3H3,(H,41,42). The van der Waals surface area contributed by atoms with E-state index in [4.69, 9.17) is 16.3 Å². The molecule has 5 heterocycles. The van der Waals surface area contributed by atoms with Crippen LogP contribution < -0.4 is 15.2 Å². The van der Waals surface area contributed by atoms with Crippen molar-refractivity contribution in [2.45, 2.75) is 39.8 Å². The summed E-state index contributed by atoms with van der Waals surface area (Å²) in [6.45, 7) is 6.38. The highest BCUT2D eigenvalue weighted by Crippen LogP contribution is 2.42. The van der Waals surface area contributed by atoms with E-state index in [1.54, 1.807) is 39.0 Å². The maximum atomic E-state index is 13.8. The first kappa shape index (κ1) is 29.5. The van der Waals surface area contributed by atoms with Gasteiger partial charge in [-0.2, -0.15) is 5.26 Å². The van der Waals surface area contributed by atoms with E-state index in [0.29, 0.717) is 73.8 Å². The lowest BCUT2D eigenvalue weighted by molar-refractivity contribution is 0.0698. The smallest absolute Gasteiger partial charge is 0.339 e. The zero-order valence-electron chi connectivity index (χ0n) is 24.1. The zero-order valence-corrected chi connectivity index (χ0v) is 25.7. The minimum absolute atomic E-state index is 0.0950. The van der Waals surface area contributed by atoms with Gasteiger partial charge in [0.05, 0.1) is 45.5 Å². The summed E-state index contributed by atoms with van der Waals surface area (Å²) in [5.41, 5.74) is 2.73. The average Bonchev–Trinajstić information content (AvgIpc) is 3.56. The van der Waals surface area contributed by atoms with Gasteiger partial charge in [0.25, 0.3) is 5.56 Å². The van der Waals surface area contributed by atoms with Gasteiger partial charge in [0.2, 0.25) is 0 Å². The predicted octanol–water partition coefficient (Wildman–Crippen LogP) is 4.87. The number of nitrogens with zero attached hydrogens (tertiary/aromatic N) is 6. The largest absolute Gasteiger partial charge is 0.491 e. The number of halogens is 1. The SMILES string of the molecule is Cc1cc(-c2cc(Cl)ccc2OCCn2c(C)nc3cnc(N4CCC(O)C4)c(C#N)c3c2=O)c2sc(C)c(C(=O)O)c2n1. The number of benzene rings is 1. The molecule has 1 fully saturated rings. The predicted molar refractivity (Wildman–Crippen MR) is 168 cm³/mol. The average molecular weight is 631 g/mol. The van der Waals surface area contributed by atoms with Crippen LogP contribution in [-0.2, 0) is 6.54 Å². The molecule has 0 amide bonds. The number of aliphatic hydroxyl groups is 1. The molecular formula is C31H27ClN6O5S. The molecule has 1 aromatic carbocycles. The number of β-amino-alcohol motifs (C(OH)–C–C–N with tert-alkyl or cyclic N) is 1. The van der Waals surface area contributed by atoms with E-state index in [9.17, 15) is 25.1 Å². The summed E-state index contributed by atoms with van der Waals surface area (Å²) in [6.07, 6.45) is 1.53. The van der Waals surface area contributed by atoms with Crippen LogP contribution in [0, 0.1) is 32.1 Å². The number of aliphatic hydroxyl groups excluding tert-OH is 1. The number of aromatic nitrogens is 4. The van der Waals surface area contributed by atoms with Crippen molar-refractivity contribution in [1.82, 2.24) is 19.5 Å². The molecule has 44 heavy (non-hydrogen) atoms. The quantitative estimate of drug-likeness (QED) is 0.254. The van der Waals surface area contributed by atoms with Crippen LogP contribution >= 0.6 is 22.9 Å². The van der Waals surface area contributed by atoms with Gasteiger partial charge in [-0.1, -0.05) is 11.6 Å². The highest BCUT2D eigenvalue weighted by molar-refractivity contribution is 7.20. The normalized spacial score (nSPS) is 14.8. The van der Waals surface area contributed by atoms with Crippen LogP contribution in [0.5, 0.6) is 5.75 Å². The molecule has 0 aliphatic carbocycles. The number of pyridine rings is 2. The van der Waals surface area contributed by atoms with Crippen molar-refractivity contribution in [3.63, 3.8) is 0 Å². The van der Waals surface area contributed by atoms with Gasteiger partial charge in [0.1, 0.15) is 35.6 Å². The number of rotatable bonds is 7. The van der Waals surface area contributed by atoms with Gasteiger partial charge in [-0.3, -0.25) is 14.3 Å². The molecule has 0 spiro atoms. The second kappa shape index (κ2) is 11.5. The number of carbonyl (C=O) groups is 1. The number of fused-ring (bicyclic) bond motifs is 2. The molecule has 4 aromatic heterocycles. The number of ether oxygens (including phenoxy) is 1. The Labute approximate surface area is 260 Å². The minimum Gasteiger partial charge on any atom is -0.491 e. The van der Waals surface area contributed by atoms with E-state index in [1.807, 2.05) is 11.0 Å². The number of carboxylic acid groups (broad SMARTS) is 1. The highest BCUT2D eigenvalue weighted by atomic mass is 35.5. The van der Waals surface area contributed by atoms with Crippen molar-refractivity contribution >= 4 is 55.8 Å². The van der Waals surface area contributed by atoms with Crippen LogP contribution in [0.4, 0.5) is 5.82 Å². The Morgan fingerprint density at radius 1 is 1.23 bits per heavy atom. The fourth-order valence-electron chi connectivity index (χ4n) is 5.69. The molecule has 5 aromatic rings. The van der Waals surface area contributed by atoms with E-state index in [2.05, 4.69) is 21.0 Å². The number of aromatic carboxylic acids is 1. The molecule has 1 unspecified atom stereocenters. The van der Waals surface area contributed by atoms with E-state index in [0.717, 1.165) is 5.56 Å². The van der Waals surface area contributed by atoms with Crippen molar-refractivity contribution in [2.75, 3.05) is 24.6 Å². The topological polar surface area (TPSA) is 154 Å². The first-order valence-electron chi connectivity index (χ1n) is 13.9. The number of anilines is 1. The van der Waals surface area contributed by atoms with Gasteiger partial charge in [0.15, 0.2) is 0 Å². The fraction of sp³-hybridized carbons (Fsp3) is 0.290. The van der Waals surface area contributed by atoms with E-state index < -0.39 is 12.1 Å². The number of hydrogen-bond donors (Lipinski definition) is 2. The second-order valence-corrected chi connectivity index (χ2v) is 12.3. The third-order valence-electron chi connectivity index (χ3n) is 7.71. The summed E-state index contributed by atoms with van der Waals surface area (Å²) in [7, 11) is 0. The molecule has 224 valence electrons. The van der Waals surface area contributed by atoms with Crippen LogP contribution in [-0.4, -0.2) is 61.5 Å². The Morgan fingerprint density at radius 3 is 2.73 bits per heavy atom. The van der Waals surface area contributed by atoms with Crippen molar-refractivity contribution < 1.29 is 19.7 Å². The summed E-state index contributed by atoms with van der Waals surface area (Å²) < 4.78 is 8.41. The first-order chi connectivity index (χ1) is 21.1. The Hall–Kier alpha value is -4.57. The lowest BCUT2D eigenvalue weighted by Crippen LogP contribution is -2.29. The van der Waals surface area contributed by atoms with Gasteiger partial charge in [-0.15, -0.1) is 11.3 Å². The lowest BCUT2D eigenvalue weighted by Gasteiger charge is -2.19. The highest BCUT2D eigenvalue weighted by Gasteiger charge is 2.26. The lowest BCUT2D eigenvalue weighted by atomic mass is 10.0. The maximum absolute atomic E-state index is 13.8. The fourth-order valence-corrected chi connectivity index (χ4v) is 6.98. The number of carboxylic acids is 1. The number of aryl methyl sites for hydroxylation is 3. The maximum Gasteiger partial charge on any atom is 0.339 e. The van der Waals surface area contributed by atoms with Gasteiger partial charge in [-0.05, 0) is 51.5 Å². The van der Waals surface area contributed by atoms with E-state index >= 15 is 0 Å². The van der Waals surface area contributed by atoms with Gasteiger partial charge in [0, 0.05) is 39.8 Å². The third-order valence-corrected chi connectivity index (χ3v) is 9.07. The monoisotopic (exact) mass is 630 g/mol. The van der Waals surface area contributed by atoms with Crippen LogP contribution in [0.2, 0.25) is 5.02 Å². The third kappa shape index (κ3) is 5.13. The number of hydrogen-bond acceptors (Lipinski definition) is 10. The molecule has 6 rings (SSSR count). The molecule has 0 radical (unpaired) electrons. The van der Waals surface area contributed by atoms with Crippen LogP contribution in [0.15, 0.2) is 35.3 Å². The molecular weight excluding hydrogens is 604 g/mol. The van der Waals surface area contributed by atoms with Crippen molar-refractivity contribution in [2.24, 2.45) is 0 Å². The Balaban J connectivity index is 1.35. The second-order valence-electron chi connectivity index (χ2n) is 10.6. The molecule has 0 saturated carbocycles.